The van der Waals surface area contributed by atoms with Crippen molar-refractivity contribution in [2.24, 2.45) is 0 Å². The number of halogens is 1. The normalized spacial score (nSPS) is 12.6. The Morgan fingerprint density at radius 2 is 2.06 bits per heavy atom. The van der Waals surface area contributed by atoms with Crippen LogP contribution in [-0.4, -0.2) is 16.5 Å². The molecule has 0 bridgehead atoms. The average molecular weight is 282 g/mol. The van der Waals surface area contributed by atoms with Gasteiger partial charge in [0.05, 0.1) is 10.4 Å². The summed E-state index contributed by atoms with van der Waals surface area (Å²) in [5.41, 5.74) is 1.08. The first kappa shape index (κ1) is 13.5. The first-order chi connectivity index (χ1) is 8.69. The summed E-state index contributed by atoms with van der Waals surface area (Å²) in [6.45, 7) is 4.97. The first-order valence-corrected chi connectivity index (χ1v) is 7.14. The lowest BCUT2D eigenvalue weighted by Crippen LogP contribution is -2.24. The lowest BCUT2D eigenvalue weighted by atomic mass is 10.1. The predicted molar refractivity (Wildman–Crippen MR) is 76.2 cm³/mol. The maximum Gasteiger partial charge on any atom is 0.145 e. The zero-order valence-electron chi connectivity index (χ0n) is 10.5. The fourth-order valence-electron chi connectivity index (χ4n) is 1.75. The van der Waals surface area contributed by atoms with Gasteiger partial charge in [-0.3, -0.25) is 0 Å². The van der Waals surface area contributed by atoms with Crippen LogP contribution in [0.3, 0.4) is 0 Å². The highest BCUT2D eigenvalue weighted by molar-refractivity contribution is 7.16. The topological polar surface area (TPSA) is 37.8 Å². The van der Waals surface area contributed by atoms with E-state index >= 15 is 0 Å². The van der Waals surface area contributed by atoms with E-state index in [1.807, 2.05) is 25.4 Å². The fraction of sp³-hybridized carbons (Fsp3) is 0.385. The molecule has 0 radical (unpaired) electrons. The largest absolute Gasteiger partial charge is 0.307 e. The van der Waals surface area contributed by atoms with Gasteiger partial charge in [0.15, 0.2) is 0 Å². The number of likely N-dealkylation sites (N-methyl/N-ethyl adjacent to an activating group) is 1. The minimum Gasteiger partial charge on any atom is -0.307 e. The molecule has 1 unspecified atom stereocenters. The monoisotopic (exact) mass is 281 g/mol. The van der Waals surface area contributed by atoms with Gasteiger partial charge < -0.3 is 5.32 Å². The third-order valence-corrected chi connectivity index (χ3v) is 3.85. The first-order valence-electron chi connectivity index (χ1n) is 5.95. The highest BCUT2D eigenvalue weighted by atomic mass is 35.5. The summed E-state index contributed by atoms with van der Waals surface area (Å²) in [5, 5.41) is 3.41. The molecular weight excluding hydrogens is 266 g/mol. The lowest BCUT2D eigenvalue weighted by molar-refractivity contribution is 0.524. The van der Waals surface area contributed by atoms with Crippen LogP contribution in [0, 0.1) is 6.92 Å². The Morgan fingerprint density at radius 3 is 2.61 bits per heavy atom. The Hall–Kier alpha value is -0.970. The molecule has 96 valence electrons. The molecule has 0 spiro atoms. The summed E-state index contributed by atoms with van der Waals surface area (Å²) in [4.78, 5) is 10.0. The van der Waals surface area contributed by atoms with Crippen LogP contribution in [0.5, 0.6) is 0 Å². The molecule has 5 heteroatoms. The molecule has 0 saturated carbocycles. The molecule has 0 aromatic carbocycles. The highest BCUT2D eigenvalue weighted by Gasteiger charge is 2.15. The summed E-state index contributed by atoms with van der Waals surface area (Å²) in [6, 6.07) is 4.14. The summed E-state index contributed by atoms with van der Waals surface area (Å²) < 4.78 is 0.824. The van der Waals surface area contributed by atoms with Gasteiger partial charge in [0.25, 0.3) is 0 Å². The Kier molecular flexibility index (Phi) is 4.69. The molecule has 2 aromatic heterocycles. The van der Waals surface area contributed by atoms with Crippen LogP contribution >= 0.6 is 22.9 Å². The Balaban J connectivity index is 2.14. The number of thiophene rings is 1. The molecule has 18 heavy (non-hydrogen) atoms. The van der Waals surface area contributed by atoms with Crippen molar-refractivity contribution in [1.29, 1.82) is 0 Å². The molecule has 2 aromatic rings. The van der Waals surface area contributed by atoms with Crippen molar-refractivity contribution in [2.45, 2.75) is 26.3 Å². The van der Waals surface area contributed by atoms with Crippen LogP contribution in [-0.2, 0) is 6.42 Å². The van der Waals surface area contributed by atoms with Gasteiger partial charge in [0.2, 0.25) is 0 Å². The van der Waals surface area contributed by atoms with Crippen LogP contribution < -0.4 is 5.32 Å². The van der Waals surface area contributed by atoms with Crippen LogP contribution in [0.25, 0.3) is 0 Å². The minimum absolute atomic E-state index is 0.144. The zero-order chi connectivity index (χ0) is 13.0. The van der Waals surface area contributed by atoms with Crippen LogP contribution in [0.2, 0.25) is 4.34 Å². The SMILES string of the molecule is CCNC(Cc1ccc(Cl)s1)c1ncc(C)cn1. The lowest BCUT2D eigenvalue weighted by Gasteiger charge is -2.15. The molecule has 0 aliphatic rings. The van der Waals surface area contributed by atoms with Gasteiger partial charge in [-0.2, -0.15) is 0 Å². The molecule has 0 aliphatic heterocycles. The molecule has 0 amide bonds. The van der Waals surface area contributed by atoms with Crippen molar-refractivity contribution in [3.63, 3.8) is 0 Å². The van der Waals surface area contributed by atoms with Gasteiger partial charge >= 0.3 is 0 Å². The molecule has 0 saturated heterocycles. The smallest absolute Gasteiger partial charge is 0.145 e. The van der Waals surface area contributed by atoms with Crippen LogP contribution in [0.4, 0.5) is 0 Å². The van der Waals surface area contributed by atoms with E-state index in [2.05, 4.69) is 28.3 Å². The van der Waals surface area contributed by atoms with E-state index in [0.717, 1.165) is 28.7 Å². The van der Waals surface area contributed by atoms with Gasteiger partial charge in [-0.1, -0.05) is 18.5 Å². The Bertz CT molecular complexity index is 495. The molecular formula is C13H16ClN3S. The Morgan fingerprint density at radius 1 is 1.33 bits per heavy atom. The molecule has 3 nitrogen and oxygen atoms in total. The fourth-order valence-corrected chi connectivity index (χ4v) is 2.88. The summed E-state index contributed by atoms with van der Waals surface area (Å²) in [7, 11) is 0. The van der Waals surface area contributed by atoms with E-state index in [9.17, 15) is 0 Å². The number of nitrogens with one attached hydrogen (secondary N) is 1. The molecule has 2 rings (SSSR count). The number of aromatic nitrogens is 2. The van der Waals surface area contributed by atoms with Crippen LogP contribution in [0.1, 0.15) is 29.2 Å². The van der Waals surface area contributed by atoms with Crippen LogP contribution in [0.15, 0.2) is 24.5 Å². The van der Waals surface area contributed by atoms with E-state index in [0.29, 0.717) is 0 Å². The average Bonchev–Trinajstić information content (AvgIpc) is 2.75. The standard InChI is InChI=1S/C13H16ClN3S/c1-3-15-11(6-10-4-5-12(14)18-10)13-16-7-9(2)8-17-13/h4-5,7-8,11,15H,3,6H2,1-2H3. The van der Waals surface area contributed by atoms with Gasteiger partial charge in [-0.25, -0.2) is 9.97 Å². The third-order valence-electron chi connectivity index (χ3n) is 2.60. The van der Waals surface area contributed by atoms with Gasteiger partial charge in [0, 0.05) is 23.7 Å². The van der Waals surface area contributed by atoms with E-state index in [4.69, 9.17) is 11.6 Å². The van der Waals surface area contributed by atoms with Gasteiger partial charge in [-0.05, 0) is 31.2 Å². The van der Waals surface area contributed by atoms with Gasteiger partial charge in [0.1, 0.15) is 5.82 Å². The minimum atomic E-state index is 0.144. The second-order valence-corrected chi connectivity index (χ2v) is 5.94. The van der Waals surface area contributed by atoms with E-state index in [-0.39, 0.29) is 6.04 Å². The van der Waals surface area contributed by atoms with E-state index in [1.54, 1.807) is 11.3 Å². The maximum atomic E-state index is 5.95. The van der Waals surface area contributed by atoms with Gasteiger partial charge in [-0.15, -0.1) is 11.3 Å². The summed E-state index contributed by atoms with van der Waals surface area (Å²) in [6.07, 6.45) is 4.58. The zero-order valence-corrected chi connectivity index (χ0v) is 12.1. The van der Waals surface area contributed by atoms with E-state index < -0.39 is 0 Å². The van der Waals surface area contributed by atoms with Crippen molar-refractivity contribution in [3.05, 3.63) is 45.1 Å². The molecule has 2 heterocycles. The number of rotatable bonds is 5. The summed E-state index contributed by atoms with van der Waals surface area (Å²) in [5.74, 6) is 0.840. The number of hydrogen-bond acceptors (Lipinski definition) is 4. The predicted octanol–water partition coefficient (Wildman–Crippen LogP) is 3.39. The quantitative estimate of drug-likeness (QED) is 0.913. The number of aryl methyl sites for hydroxylation is 1. The number of nitrogens with zero attached hydrogens (tertiary/aromatic N) is 2. The highest BCUT2D eigenvalue weighted by Crippen LogP contribution is 2.25. The molecule has 0 fully saturated rings. The second-order valence-electron chi connectivity index (χ2n) is 4.14. The third kappa shape index (κ3) is 3.51. The van der Waals surface area contributed by atoms with Crippen molar-refractivity contribution < 1.29 is 0 Å². The van der Waals surface area contributed by atoms with Crippen molar-refractivity contribution >= 4 is 22.9 Å². The molecule has 1 atom stereocenters. The van der Waals surface area contributed by atoms with Crippen molar-refractivity contribution in [2.75, 3.05) is 6.54 Å². The van der Waals surface area contributed by atoms with Crippen molar-refractivity contribution in [3.8, 4) is 0 Å². The van der Waals surface area contributed by atoms with E-state index in [1.165, 1.54) is 4.88 Å². The van der Waals surface area contributed by atoms with Crippen molar-refractivity contribution in [1.82, 2.24) is 15.3 Å². The maximum absolute atomic E-state index is 5.95. The number of hydrogen-bond donors (Lipinski definition) is 1. The molecule has 1 N–H and O–H groups in total. The summed E-state index contributed by atoms with van der Waals surface area (Å²) >= 11 is 7.56. The molecule has 0 aliphatic carbocycles. The Labute approximate surface area is 116 Å². The second kappa shape index (κ2) is 6.27.